The molecule has 4 nitrogen and oxygen atoms in total. The first kappa shape index (κ1) is 13.7. The normalized spacial score (nSPS) is 20.2. The molecule has 5 heteroatoms. The van der Waals surface area contributed by atoms with Crippen molar-refractivity contribution in [1.29, 1.82) is 0 Å². The summed E-state index contributed by atoms with van der Waals surface area (Å²) in [5.74, 6) is 0. The van der Waals surface area contributed by atoms with Gasteiger partial charge in [-0.3, -0.25) is 9.88 Å². The van der Waals surface area contributed by atoms with Gasteiger partial charge < -0.3 is 4.74 Å². The highest BCUT2D eigenvalue weighted by Crippen LogP contribution is 2.26. The zero-order valence-electron chi connectivity index (χ0n) is 11.9. The highest BCUT2D eigenvalue weighted by atomic mass is 32.1. The van der Waals surface area contributed by atoms with Crippen molar-refractivity contribution in [2.24, 2.45) is 0 Å². The van der Waals surface area contributed by atoms with Crippen LogP contribution in [0, 0.1) is 13.8 Å². The van der Waals surface area contributed by atoms with E-state index in [1.807, 2.05) is 19.9 Å². The van der Waals surface area contributed by atoms with Crippen molar-refractivity contribution in [1.82, 2.24) is 14.9 Å². The molecule has 0 aliphatic carbocycles. The second-order valence-electron chi connectivity index (χ2n) is 5.12. The minimum absolute atomic E-state index is 0.246. The van der Waals surface area contributed by atoms with Gasteiger partial charge in [-0.15, -0.1) is 11.3 Å². The molecule has 0 aromatic carbocycles. The standard InChI is InChI=1S/C15H19N3OS/c1-11-4-3-5-13(16-11)8-18-6-7-19-9-15(18)14-10-20-12(2)17-14/h3-5,10,15H,6-9H2,1-2H3/t15-/m0/s1. The summed E-state index contributed by atoms with van der Waals surface area (Å²) in [7, 11) is 0. The molecule has 1 saturated heterocycles. The van der Waals surface area contributed by atoms with Gasteiger partial charge in [0.25, 0.3) is 0 Å². The molecular formula is C15H19N3OS. The van der Waals surface area contributed by atoms with Crippen molar-refractivity contribution in [2.75, 3.05) is 19.8 Å². The van der Waals surface area contributed by atoms with Crippen LogP contribution in [0.1, 0.15) is 28.1 Å². The topological polar surface area (TPSA) is 38.2 Å². The van der Waals surface area contributed by atoms with Crippen LogP contribution in [0.25, 0.3) is 0 Å². The van der Waals surface area contributed by atoms with Gasteiger partial charge in [-0.05, 0) is 26.0 Å². The van der Waals surface area contributed by atoms with E-state index >= 15 is 0 Å². The lowest BCUT2D eigenvalue weighted by Crippen LogP contribution is -2.39. The zero-order valence-corrected chi connectivity index (χ0v) is 12.7. The highest BCUT2D eigenvalue weighted by molar-refractivity contribution is 7.09. The van der Waals surface area contributed by atoms with Gasteiger partial charge in [0.05, 0.1) is 35.7 Å². The number of rotatable bonds is 3. The summed E-state index contributed by atoms with van der Waals surface area (Å²) < 4.78 is 5.64. The number of aryl methyl sites for hydroxylation is 2. The number of ether oxygens (including phenoxy) is 1. The van der Waals surface area contributed by atoms with E-state index in [0.717, 1.165) is 48.4 Å². The van der Waals surface area contributed by atoms with Gasteiger partial charge in [0.2, 0.25) is 0 Å². The van der Waals surface area contributed by atoms with Crippen molar-refractivity contribution in [3.05, 3.63) is 45.7 Å². The fourth-order valence-electron chi connectivity index (χ4n) is 2.53. The number of aromatic nitrogens is 2. The van der Waals surface area contributed by atoms with Crippen LogP contribution in [0.3, 0.4) is 0 Å². The highest BCUT2D eigenvalue weighted by Gasteiger charge is 2.26. The van der Waals surface area contributed by atoms with Crippen LogP contribution in [-0.2, 0) is 11.3 Å². The van der Waals surface area contributed by atoms with E-state index in [1.54, 1.807) is 11.3 Å². The Morgan fingerprint density at radius 1 is 1.35 bits per heavy atom. The maximum atomic E-state index is 5.64. The van der Waals surface area contributed by atoms with E-state index in [2.05, 4.69) is 32.4 Å². The molecule has 0 unspecified atom stereocenters. The van der Waals surface area contributed by atoms with Crippen LogP contribution in [-0.4, -0.2) is 34.6 Å². The Bertz CT molecular complexity index is 584. The smallest absolute Gasteiger partial charge is 0.0898 e. The Morgan fingerprint density at radius 3 is 3.00 bits per heavy atom. The summed E-state index contributed by atoms with van der Waals surface area (Å²) in [6.45, 7) is 7.36. The minimum atomic E-state index is 0.246. The van der Waals surface area contributed by atoms with Crippen LogP contribution in [0.15, 0.2) is 23.6 Å². The maximum absolute atomic E-state index is 5.64. The number of morpholine rings is 1. The van der Waals surface area contributed by atoms with Crippen LogP contribution in [0.2, 0.25) is 0 Å². The van der Waals surface area contributed by atoms with E-state index < -0.39 is 0 Å². The van der Waals surface area contributed by atoms with E-state index in [-0.39, 0.29) is 6.04 Å². The molecule has 3 rings (SSSR count). The predicted octanol–water partition coefficient (Wildman–Crippen LogP) is 2.73. The summed E-state index contributed by atoms with van der Waals surface area (Å²) in [5.41, 5.74) is 3.31. The number of hydrogen-bond acceptors (Lipinski definition) is 5. The van der Waals surface area contributed by atoms with Gasteiger partial charge in [-0.1, -0.05) is 6.07 Å². The zero-order chi connectivity index (χ0) is 13.9. The second kappa shape index (κ2) is 5.99. The largest absolute Gasteiger partial charge is 0.378 e. The lowest BCUT2D eigenvalue weighted by Gasteiger charge is -2.34. The molecule has 1 aliphatic heterocycles. The Kier molecular flexibility index (Phi) is 4.10. The van der Waals surface area contributed by atoms with Crippen molar-refractivity contribution >= 4 is 11.3 Å². The lowest BCUT2D eigenvalue weighted by atomic mass is 10.1. The first-order valence-electron chi connectivity index (χ1n) is 6.89. The molecule has 0 amide bonds. The average molecular weight is 289 g/mol. The quantitative estimate of drug-likeness (QED) is 0.871. The fraction of sp³-hybridized carbons (Fsp3) is 0.467. The third kappa shape index (κ3) is 3.06. The number of nitrogens with zero attached hydrogens (tertiary/aromatic N) is 3. The second-order valence-corrected chi connectivity index (χ2v) is 6.19. The molecule has 1 atom stereocenters. The predicted molar refractivity (Wildman–Crippen MR) is 79.8 cm³/mol. The van der Waals surface area contributed by atoms with Crippen LogP contribution < -0.4 is 0 Å². The summed E-state index contributed by atoms with van der Waals surface area (Å²) in [4.78, 5) is 11.6. The van der Waals surface area contributed by atoms with Gasteiger partial charge in [-0.2, -0.15) is 0 Å². The third-order valence-corrected chi connectivity index (χ3v) is 4.32. The van der Waals surface area contributed by atoms with Gasteiger partial charge in [0.1, 0.15) is 0 Å². The first-order valence-corrected chi connectivity index (χ1v) is 7.77. The monoisotopic (exact) mass is 289 g/mol. The molecule has 2 aromatic rings. The van der Waals surface area contributed by atoms with E-state index in [0.29, 0.717) is 0 Å². The first-order chi connectivity index (χ1) is 9.72. The van der Waals surface area contributed by atoms with Crippen LogP contribution in [0.5, 0.6) is 0 Å². The molecule has 20 heavy (non-hydrogen) atoms. The maximum Gasteiger partial charge on any atom is 0.0898 e. The molecule has 0 spiro atoms. The molecule has 0 saturated carbocycles. The SMILES string of the molecule is Cc1cccc(CN2CCOC[C@H]2c2csc(C)n2)n1. The lowest BCUT2D eigenvalue weighted by molar-refractivity contribution is -0.0146. The van der Waals surface area contributed by atoms with Gasteiger partial charge >= 0.3 is 0 Å². The summed E-state index contributed by atoms with van der Waals surface area (Å²) in [5, 5.41) is 3.25. The van der Waals surface area contributed by atoms with Crippen molar-refractivity contribution < 1.29 is 4.74 Å². The van der Waals surface area contributed by atoms with Gasteiger partial charge in [-0.25, -0.2) is 4.98 Å². The Morgan fingerprint density at radius 2 is 2.25 bits per heavy atom. The van der Waals surface area contributed by atoms with Crippen LogP contribution >= 0.6 is 11.3 Å². The van der Waals surface area contributed by atoms with E-state index in [4.69, 9.17) is 4.74 Å². The van der Waals surface area contributed by atoms with Crippen molar-refractivity contribution in [3.8, 4) is 0 Å². The molecule has 1 fully saturated rings. The Labute approximate surface area is 123 Å². The average Bonchev–Trinajstić information content (AvgIpc) is 2.86. The van der Waals surface area contributed by atoms with Gasteiger partial charge in [0.15, 0.2) is 0 Å². The third-order valence-electron chi connectivity index (χ3n) is 3.53. The van der Waals surface area contributed by atoms with Crippen molar-refractivity contribution in [3.63, 3.8) is 0 Å². The minimum Gasteiger partial charge on any atom is -0.378 e. The molecule has 2 aromatic heterocycles. The molecule has 0 N–H and O–H groups in total. The molecule has 0 bridgehead atoms. The molecule has 0 radical (unpaired) electrons. The van der Waals surface area contributed by atoms with Gasteiger partial charge in [0, 0.05) is 24.2 Å². The summed E-state index contributed by atoms with van der Waals surface area (Å²) in [6.07, 6.45) is 0. The Balaban J connectivity index is 1.79. The van der Waals surface area contributed by atoms with Crippen molar-refractivity contribution in [2.45, 2.75) is 26.4 Å². The summed E-state index contributed by atoms with van der Waals surface area (Å²) >= 11 is 1.70. The molecule has 3 heterocycles. The number of hydrogen-bond donors (Lipinski definition) is 0. The molecular weight excluding hydrogens is 270 g/mol. The molecule has 1 aliphatic rings. The summed E-state index contributed by atoms with van der Waals surface area (Å²) in [6, 6.07) is 6.44. The fourth-order valence-corrected chi connectivity index (χ4v) is 3.19. The number of thiazole rings is 1. The number of pyridine rings is 1. The Hall–Kier alpha value is -1.30. The van der Waals surface area contributed by atoms with E-state index in [1.165, 1.54) is 0 Å². The van der Waals surface area contributed by atoms with Crippen LogP contribution in [0.4, 0.5) is 0 Å². The molecule has 106 valence electrons. The van der Waals surface area contributed by atoms with E-state index in [9.17, 15) is 0 Å².